The van der Waals surface area contributed by atoms with Gasteiger partial charge in [0.25, 0.3) is 0 Å². The van der Waals surface area contributed by atoms with Gasteiger partial charge in [0.2, 0.25) is 0 Å². The van der Waals surface area contributed by atoms with E-state index in [1.807, 2.05) is 18.2 Å². The summed E-state index contributed by atoms with van der Waals surface area (Å²) in [6.07, 6.45) is 4.42. The van der Waals surface area contributed by atoms with Gasteiger partial charge in [-0.2, -0.15) is 0 Å². The molecule has 1 aliphatic heterocycles. The van der Waals surface area contributed by atoms with Crippen LogP contribution in [0.25, 0.3) is 0 Å². The van der Waals surface area contributed by atoms with Gasteiger partial charge in [0, 0.05) is 11.6 Å². The highest BCUT2D eigenvalue weighted by Gasteiger charge is 2.26. The molecule has 0 radical (unpaired) electrons. The second-order valence-corrected chi connectivity index (χ2v) is 5.64. The highest BCUT2D eigenvalue weighted by Crippen LogP contribution is 2.33. The largest absolute Gasteiger partial charge is 0.496 e. The Morgan fingerprint density at radius 3 is 2.90 bits per heavy atom. The maximum absolute atomic E-state index is 5.97. The summed E-state index contributed by atoms with van der Waals surface area (Å²) in [6, 6.07) is 6.48. The van der Waals surface area contributed by atoms with Gasteiger partial charge in [-0.05, 0) is 57.5 Å². The molecule has 0 bridgehead atoms. The molecule has 1 unspecified atom stereocenters. The molecule has 1 aromatic rings. The molecule has 0 aromatic heterocycles. The van der Waals surface area contributed by atoms with Crippen molar-refractivity contribution in [2.75, 3.05) is 33.4 Å². The van der Waals surface area contributed by atoms with Crippen molar-refractivity contribution in [1.82, 2.24) is 4.90 Å². The van der Waals surface area contributed by atoms with Crippen LogP contribution in [-0.4, -0.2) is 44.3 Å². The molecule has 1 heterocycles. The predicted molar refractivity (Wildman–Crippen MR) is 86.1 cm³/mol. The first-order valence-corrected chi connectivity index (χ1v) is 8.03. The van der Waals surface area contributed by atoms with Crippen molar-refractivity contribution in [2.24, 2.45) is 5.73 Å². The molecule has 2 N–H and O–H groups in total. The average Bonchev–Trinajstić information content (AvgIpc) is 2.53. The Labute approximate surface area is 128 Å². The Kier molecular flexibility index (Phi) is 6.33. The highest BCUT2D eigenvalue weighted by atomic mass is 16.5. The van der Waals surface area contributed by atoms with Crippen LogP contribution in [0.5, 0.6) is 11.5 Å². The second-order valence-electron chi connectivity index (χ2n) is 5.64. The molecule has 1 aromatic carbocycles. The zero-order valence-corrected chi connectivity index (χ0v) is 13.3. The molecule has 4 heteroatoms. The van der Waals surface area contributed by atoms with Gasteiger partial charge in [-0.15, -0.1) is 0 Å². The Morgan fingerprint density at radius 2 is 2.19 bits per heavy atom. The summed E-state index contributed by atoms with van der Waals surface area (Å²) in [5.74, 6) is 1.92. The molecule has 1 atom stereocenters. The van der Waals surface area contributed by atoms with Crippen LogP contribution >= 0.6 is 0 Å². The first kappa shape index (κ1) is 16.1. The van der Waals surface area contributed by atoms with Crippen LogP contribution in [0.1, 0.15) is 31.7 Å². The van der Waals surface area contributed by atoms with Crippen LogP contribution in [0.4, 0.5) is 0 Å². The first-order chi connectivity index (χ1) is 10.3. The summed E-state index contributed by atoms with van der Waals surface area (Å²) in [6.45, 7) is 5.99. The summed E-state index contributed by atoms with van der Waals surface area (Å²) in [7, 11) is 1.73. The van der Waals surface area contributed by atoms with Crippen molar-refractivity contribution >= 4 is 0 Å². The van der Waals surface area contributed by atoms with Gasteiger partial charge < -0.3 is 15.2 Å². The third kappa shape index (κ3) is 4.11. The van der Waals surface area contributed by atoms with E-state index >= 15 is 0 Å². The fraction of sp³-hybridized carbons (Fsp3) is 0.647. The van der Waals surface area contributed by atoms with E-state index in [2.05, 4.69) is 11.8 Å². The SMILES string of the molecule is CCCN(CCCCN)C1COc2cccc(OC)c2C1. The number of hydrogen-bond acceptors (Lipinski definition) is 4. The molecule has 1 aliphatic rings. The molecular weight excluding hydrogens is 264 g/mol. The molecule has 0 fully saturated rings. The highest BCUT2D eigenvalue weighted by molar-refractivity contribution is 5.46. The molecule has 2 rings (SSSR count). The summed E-state index contributed by atoms with van der Waals surface area (Å²) in [4.78, 5) is 2.55. The van der Waals surface area contributed by atoms with Crippen LogP contribution in [-0.2, 0) is 6.42 Å². The van der Waals surface area contributed by atoms with E-state index in [4.69, 9.17) is 15.2 Å². The second kappa shape index (κ2) is 8.25. The van der Waals surface area contributed by atoms with Gasteiger partial charge in [0.05, 0.1) is 7.11 Å². The molecule has 4 nitrogen and oxygen atoms in total. The van der Waals surface area contributed by atoms with Gasteiger partial charge in [-0.1, -0.05) is 13.0 Å². The van der Waals surface area contributed by atoms with Crippen molar-refractivity contribution in [3.8, 4) is 11.5 Å². The van der Waals surface area contributed by atoms with Crippen molar-refractivity contribution in [3.05, 3.63) is 23.8 Å². The monoisotopic (exact) mass is 292 g/mol. The predicted octanol–water partition coefficient (Wildman–Crippen LogP) is 2.45. The number of unbranched alkanes of at least 4 members (excludes halogenated alkanes) is 1. The average molecular weight is 292 g/mol. The van der Waals surface area contributed by atoms with Crippen LogP contribution < -0.4 is 15.2 Å². The van der Waals surface area contributed by atoms with Gasteiger partial charge in [-0.25, -0.2) is 0 Å². The first-order valence-electron chi connectivity index (χ1n) is 8.03. The van der Waals surface area contributed by atoms with Gasteiger partial charge in [0.15, 0.2) is 0 Å². The van der Waals surface area contributed by atoms with E-state index in [-0.39, 0.29) is 0 Å². The lowest BCUT2D eigenvalue weighted by Crippen LogP contribution is -2.44. The van der Waals surface area contributed by atoms with Crippen molar-refractivity contribution in [3.63, 3.8) is 0 Å². The Bertz CT molecular complexity index is 423. The quantitative estimate of drug-likeness (QED) is 0.748. The Morgan fingerprint density at radius 1 is 1.33 bits per heavy atom. The number of nitrogens with two attached hydrogens (primary N) is 1. The number of benzene rings is 1. The third-order valence-corrected chi connectivity index (χ3v) is 4.11. The lowest BCUT2D eigenvalue weighted by Gasteiger charge is -2.35. The lowest BCUT2D eigenvalue weighted by atomic mass is 10.00. The third-order valence-electron chi connectivity index (χ3n) is 4.11. The molecule has 0 saturated heterocycles. The lowest BCUT2D eigenvalue weighted by molar-refractivity contribution is 0.116. The normalized spacial score (nSPS) is 17.4. The van der Waals surface area contributed by atoms with Gasteiger partial charge in [-0.3, -0.25) is 4.90 Å². The number of ether oxygens (including phenoxy) is 2. The maximum atomic E-state index is 5.97. The zero-order chi connectivity index (χ0) is 15.1. The van der Waals surface area contributed by atoms with Gasteiger partial charge >= 0.3 is 0 Å². The van der Waals surface area contributed by atoms with E-state index in [1.165, 1.54) is 5.56 Å². The Hall–Kier alpha value is -1.26. The summed E-state index contributed by atoms with van der Waals surface area (Å²) >= 11 is 0. The molecule has 0 aliphatic carbocycles. The fourth-order valence-corrected chi connectivity index (χ4v) is 3.01. The smallest absolute Gasteiger partial charge is 0.126 e. The molecule has 21 heavy (non-hydrogen) atoms. The van der Waals surface area contributed by atoms with E-state index in [0.29, 0.717) is 6.04 Å². The molecular formula is C17H28N2O2. The van der Waals surface area contributed by atoms with Crippen molar-refractivity contribution in [2.45, 2.75) is 38.6 Å². The molecule has 0 amide bonds. The van der Waals surface area contributed by atoms with Crippen molar-refractivity contribution < 1.29 is 9.47 Å². The van der Waals surface area contributed by atoms with Crippen LogP contribution in [0.3, 0.4) is 0 Å². The van der Waals surface area contributed by atoms with Crippen molar-refractivity contribution in [1.29, 1.82) is 0 Å². The summed E-state index contributed by atoms with van der Waals surface area (Å²) in [5.41, 5.74) is 6.81. The minimum atomic E-state index is 0.437. The Balaban J connectivity index is 2.06. The molecule has 118 valence electrons. The number of methoxy groups -OCH3 is 1. The standard InChI is InChI=1S/C17H28N2O2/c1-3-10-19(11-5-4-9-18)14-12-15-16(20-2)7-6-8-17(15)21-13-14/h6-8,14H,3-5,9-13,18H2,1-2H3. The summed E-state index contributed by atoms with van der Waals surface area (Å²) < 4.78 is 11.4. The zero-order valence-electron chi connectivity index (χ0n) is 13.3. The molecule has 0 saturated carbocycles. The number of fused-ring (bicyclic) bond motifs is 1. The minimum absolute atomic E-state index is 0.437. The molecule has 0 spiro atoms. The fourth-order valence-electron chi connectivity index (χ4n) is 3.01. The van der Waals surface area contributed by atoms with E-state index in [9.17, 15) is 0 Å². The van der Waals surface area contributed by atoms with E-state index < -0.39 is 0 Å². The number of nitrogens with zero attached hydrogens (tertiary/aromatic N) is 1. The number of hydrogen-bond donors (Lipinski definition) is 1. The van der Waals surface area contributed by atoms with Crippen LogP contribution in [0.15, 0.2) is 18.2 Å². The van der Waals surface area contributed by atoms with E-state index in [1.54, 1.807) is 7.11 Å². The summed E-state index contributed by atoms with van der Waals surface area (Å²) in [5, 5.41) is 0. The van der Waals surface area contributed by atoms with Crippen LogP contribution in [0, 0.1) is 0 Å². The van der Waals surface area contributed by atoms with Crippen LogP contribution in [0.2, 0.25) is 0 Å². The van der Waals surface area contributed by atoms with Gasteiger partial charge in [0.1, 0.15) is 18.1 Å². The maximum Gasteiger partial charge on any atom is 0.126 e. The van der Waals surface area contributed by atoms with E-state index in [0.717, 1.165) is 63.4 Å². The number of rotatable bonds is 8. The topological polar surface area (TPSA) is 47.7 Å². The minimum Gasteiger partial charge on any atom is -0.496 e.